The van der Waals surface area contributed by atoms with E-state index in [1.807, 2.05) is 30.3 Å². The lowest BCUT2D eigenvalue weighted by molar-refractivity contribution is -0.133. The quantitative estimate of drug-likeness (QED) is 0.441. The minimum Gasteiger partial charge on any atom is -0.493 e. The number of methoxy groups -OCH3 is 2. The Morgan fingerprint density at radius 2 is 1.58 bits per heavy atom. The number of carbonyl (C=O) groups excluding carboxylic acids is 3. The van der Waals surface area contributed by atoms with Crippen molar-refractivity contribution >= 4 is 23.5 Å². The van der Waals surface area contributed by atoms with Gasteiger partial charge in [0.2, 0.25) is 5.91 Å². The van der Waals surface area contributed by atoms with Crippen LogP contribution in [0.4, 0.5) is 10.5 Å². The van der Waals surface area contributed by atoms with Crippen LogP contribution in [0.15, 0.2) is 72.8 Å². The number of imide groups is 1. The highest BCUT2D eigenvalue weighted by Crippen LogP contribution is 2.30. The molecular weight excluding hydrogens is 462 g/mol. The van der Waals surface area contributed by atoms with Gasteiger partial charge in [0.1, 0.15) is 23.6 Å². The zero-order valence-electron chi connectivity index (χ0n) is 20.2. The number of amides is 4. The van der Waals surface area contributed by atoms with Crippen molar-refractivity contribution < 1.29 is 28.6 Å². The first kappa shape index (κ1) is 24.6. The lowest BCUT2D eigenvalue weighted by Gasteiger charge is -2.22. The van der Waals surface area contributed by atoms with E-state index < -0.39 is 29.9 Å². The lowest BCUT2D eigenvalue weighted by atomic mass is 9.92. The molecule has 36 heavy (non-hydrogen) atoms. The third-order valence-corrected chi connectivity index (χ3v) is 5.77. The average molecular weight is 490 g/mol. The molecule has 0 spiro atoms. The number of nitrogens with one attached hydrogen (secondary N) is 2. The number of hydrogen-bond donors (Lipinski definition) is 2. The van der Waals surface area contributed by atoms with Gasteiger partial charge in [-0.25, -0.2) is 4.79 Å². The zero-order chi connectivity index (χ0) is 25.7. The van der Waals surface area contributed by atoms with Crippen LogP contribution >= 0.6 is 0 Å². The first-order valence-corrected chi connectivity index (χ1v) is 11.3. The number of nitrogens with zero attached hydrogens (tertiary/aromatic N) is 1. The smallest absolute Gasteiger partial charge is 0.325 e. The lowest BCUT2D eigenvalue weighted by Crippen LogP contribution is -2.46. The van der Waals surface area contributed by atoms with Crippen LogP contribution in [0.3, 0.4) is 0 Å². The molecule has 1 saturated heterocycles. The Labute approximate surface area is 209 Å². The normalized spacial score (nSPS) is 16.9. The highest BCUT2D eigenvalue weighted by molar-refractivity contribution is 6.10. The third-order valence-electron chi connectivity index (χ3n) is 5.77. The van der Waals surface area contributed by atoms with Crippen molar-refractivity contribution in [3.05, 3.63) is 78.4 Å². The van der Waals surface area contributed by atoms with Gasteiger partial charge in [-0.1, -0.05) is 24.3 Å². The van der Waals surface area contributed by atoms with Crippen molar-refractivity contribution in [2.24, 2.45) is 0 Å². The topological polar surface area (TPSA) is 106 Å². The summed E-state index contributed by atoms with van der Waals surface area (Å²) >= 11 is 0. The molecule has 0 saturated carbocycles. The molecule has 1 aliphatic heterocycles. The Balaban J connectivity index is 1.37. The summed E-state index contributed by atoms with van der Waals surface area (Å²) in [4.78, 5) is 39.2. The molecule has 0 aromatic heterocycles. The Morgan fingerprint density at radius 3 is 2.25 bits per heavy atom. The van der Waals surface area contributed by atoms with E-state index in [1.165, 1.54) is 14.2 Å². The second-order valence-electron chi connectivity index (χ2n) is 8.51. The van der Waals surface area contributed by atoms with Crippen molar-refractivity contribution in [1.29, 1.82) is 0 Å². The standard InChI is InChI=1S/C27H27N3O6/c1-27(16-18-9-14-22(34-2)23(15-18)35-3)25(32)30(26(33)29-27)17-24(31)28-19-10-12-21(13-11-19)36-20-7-5-4-6-8-20/h4-15H,16-17H2,1-3H3,(H,28,31)(H,29,33)/t27-/m0/s1. The number of hydrogen-bond acceptors (Lipinski definition) is 6. The first-order valence-electron chi connectivity index (χ1n) is 11.3. The van der Waals surface area contributed by atoms with Crippen LogP contribution in [0.5, 0.6) is 23.0 Å². The molecule has 4 rings (SSSR count). The van der Waals surface area contributed by atoms with Gasteiger partial charge in [-0.2, -0.15) is 0 Å². The SMILES string of the molecule is COc1ccc(C[C@]2(C)NC(=O)N(CC(=O)Nc3ccc(Oc4ccccc4)cc3)C2=O)cc1OC. The van der Waals surface area contributed by atoms with Crippen LogP contribution < -0.4 is 24.8 Å². The first-order chi connectivity index (χ1) is 17.3. The predicted octanol–water partition coefficient (Wildman–Crippen LogP) is 3.99. The van der Waals surface area contributed by atoms with Crippen molar-refractivity contribution in [2.45, 2.75) is 18.9 Å². The van der Waals surface area contributed by atoms with Crippen LogP contribution in [0.1, 0.15) is 12.5 Å². The number of anilines is 1. The van der Waals surface area contributed by atoms with Gasteiger partial charge in [-0.05, 0) is 61.0 Å². The Bertz CT molecular complexity index is 1260. The van der Waals surface area contributed by atoms with Gasteiger partial charge < -0.3 is 24.8 Å². The fourth-order valence-corrected chi connectivity index (χ4v) is 3.98. The summed E-state index contributed by atoms with van der Waals surface area (Å²) in [5.41, 5.74) is 0.0846. The molecule has 0 unspecified atom stereocenters. The van der Waals surface area contributed by atoms with Gasteiger partial charge in [-0.3, -0.25) is 14.5 Å². The summed E-state index contributed by atoms with van der Waals surface area (Å²) in [6, 6.07) is 20.8. The molecule has 186 valence electrons. The van der Waals surface area contributed by atoms with E-state index in [1.54, 1.807) is 49.4 Å². The highest BCUT2D eigenvalue weighted by Gasteiger charge is 2.48. The van der Waals surface area contributed by atoms with Gasteiger partial charge >= 0.3 is 6.03 Å². The van der Waals surface area contributed by atoms with Crippen LogP contribution in [0.25, 0.3) is 0 Å². The average Bonchev–Trinajstić information content (AvgIpc) is 3.08. The largest absolute Gasteiger partial charge is 0.493 e. The van der Waals surface area contributed by atoms with E-state index in [0.717, 1.165) is 10.5 Å². The van der Waals surface area contributed by atoms with Crippen LogP contribution in [0, 0.1) is 0 Å². The second-order valence-corrected chi connectivity index (χ2v) is 8.51. The molecule has 4 amide bonds. The molecule has 3 aromatic rings. The summed E-state index contributed by atoms with van der Waals surface area (Å²) in [6.07, 6.45) is 0.221. The van der Waals surface area contributed by atoms with Gasteiger partial charge in [0.15, 0.2) is 11.5 Å². The van der Waals surface area contributed by atoms with Crippen molar-refractivity contribution in [1.82, 2.24) is 10.2 Å². The maximum atomic E-state index is 13.1. The molecule has 1 heterocycles. The van der Waals surface area contributed by atoms with E-state index >= 15 is 0 Å². The fraction of sp³-hybridized carbons (Fsp3) is 0.222. The summed E-state index contributed by atoms with van der Waals surface area (Å²) in [7, 11) is 3.06. The predicted molar refractivity (Wildman–Crippen MR) is 133 cm³/mol. The Morgan fingerprint density at radius 1 is 0.917 bits per heavy atom. The summed E-state index contributed by atoms with van der Waals surface area (Å²) in [5, 5.41) is 5.42. The number of benzene rings is 3. The fourth-order valence-electron chi connectivity index (χ4n) is 3.98. The Kier molecular flexibility index (Phi) is 7.10. The molecule has 1 atom stereocenters. The number of ether oxygens (including phenoxy) is 3. The summed E-state index contributed by atoms with van der Waals surface area (Å²) in [6.45, 7) is 1.22. The van der Waals surface area contributed by atoms with E-state index in [4.69, 9.17) is 14.2 Å². The molecule has 1 fully saturated rings. The summed E-state index contributed by atoms with van der Waals surface area (Å²) in [5.74, 6) is 1.41. The van der Waals surface area contributed by atoms with E-state index in [9.17, 15) is 14.4 Å². The number of para-hydroxylation sites is 1. The zero-order valence-corrected chi connectivity index (χ0v) is 20.2. The summed E-state index contributed by atoms with van der Waals surface area (Å²) < 4.78 is 16.3. The minimum atomic E-state index is -1.20. The molecule has 0 bridgehead atoms. The highest BCUT2D eigenvalue weighted by atomic mass is 16.5. The van der Waals surface area contributed by atoms with Gasteiger partial charge in [0.25, 0.3) is 5.91 Å². The van der Waals surface area contributed by atoms with E-state index in [2.05, 4.69) is 10.6 Å². The van der Waals surface area contributed by atoms with E-state index in [-0.39, 0.29) is 6.42 Å². The van der Waals surface area contributed by atoms with Crippen molar-refractivity contribution in [3.8, 4) is 23.0 Å². The van der Waals surface area contributed by atoms with Gasteiger partial charge in [0, 0.05) is 12.1 Å². The van der Waals surface area contributed by atoms with Crippen LogP contribution in [0.2, 0.25) is 0 Å². The molecule has 2 N–H and O–H groups in total. The number of urea groups is 1. The molecular formula is C27H27N3O6. The monoisotopic (exact) mass is 489 g/mol. The van der Waals surface area contributed by atoms with Crippen molar-refractivity contribution in [2.75, 3.05) is 26.1 Å². The van der Waals surface area contributed by atoms with Gasteiger partial charge in [0.05, 0.1) is 14.2 Å². The van der Waals surface area contributed by atoms with Crippen LogP contribution in [-0.4, -0.2) is 49.0 Å². The number of carbonyl (C=O) groups is 3. The maximum absolute atomic E-state index is 13.1. The molecule has 9 heteroatoms. The van der Waals surface area contributed by atoms with Gasteiger partial charge in [-0.15, -0.1) is 0 Å². The Hall–Kier alpha value is -4.53. The van der Waals surface area contributed by atoms with Crippen LogP contribution in [-0.2, 0) is 16.0 Å². The molecule has 0 aliphatic carbocycles. The van der Waals surface area contributed by atoms with E-state index in [0.29, 0.717) is 28.7 Å². The van der Waals surface area contributed by atoms with Crippen molar-refractivity contribution in [3.63, 3.8) is 0 Å². The molecule has 3 aromatic carbocycles. The third kappa shape index (κ3) is 5.41. The molecule has 1 aliphatic rings. The molecule has 9 nitrogen and oxygen atoms in total. The molecule has 0 radical (unpaired) electrons. The maximum Gasteiger partial charge on any atom is 0.325 e. The second kappa shape index (κ2) is 10.4. The minimum absolute atomic E-state index is 0.221. The number of rotatable bonds is 9.